The number of nitrogens with two attached hydrogens (primary N) is 1. The fourth-order valence-electron chi connectivity index (χ4n) is 2.56. The first-order valence-electron chi connectivity index (χ1n) is 6.62. The van der Waals surface area contributed by atoms with Crippen LogP contribution in [0, 0.1) is 0 Å². The lowest BCUT2D eigenvalue weighted by Gasteiger charge is -2.26. The van der Waals surface area contributed by atoms with Crippen molar-refractivity contribution in [3.63, 3.8) is 0 Å². The Morgan fingerprint density at radius 1 is 1.53 bits per heavy atom. The molecule has 0 spiro atoms. The number of aromatic nitrogens is 2. The molecule has 1 aliphatic heterocycles. The lowest BCUT2D eigenvalue weighted by atomic mass is 9.97. The number of nitrogens with zero attached hydrogens (tertiary/aromatic N) is 2. The van der Waals surface area contributed by atoms with Crippen LogP contribution in [-0.4, -0.2) is 26.8 Å². The van der Waals surface area contributed by atoms with E-state index in [9.17, 15) is 0 Å². The van der Waals surface area contributed by atoms with Gasteiger partial charge in [-0.15, -0.1) is 0 Å². The minimum Gasteiger partial charge on any atom is -0.329 e. The van der Waals surface area contributed by atoms with Crippen molar-refractivity contribution >= 4 is 11.8 Å². The zero-order valence-corrected chi connectivity index (χ0v) is 11.7. The SMILES string of the molecule is CCc1cc(CC2(CN)CCCS2)n(CC)n1. The summed E-state index contributed by atoms with van der Waals surface area (Å²) in [6.45, 7) is 6.07. The third-order valence-corrected chi connectivity index (χ3v) is 5.26. The third-order valence-electron chi connectivity index (χ3n) is 3.64. The van der Waals surface area contributed by atoms with Crippen molar-refractivity contribution in [2.45, 2.75) is 50.8 Å². The number of hydrogen-bond acceptors (Lipinski definition) is 3. The smallest absolute Gasteiger partial charge is 0.0624 e. The molecule has 1 saturated heterocycles. The molecule has 1 atom stereocenters. The molecule has 1 aromatic rings. The van der Waals surface area contributed by atoms with E-state index in [1.54, 1.807) is 0 Å². The normalized spacial score (nSPS) is 24.4. The van der Waals surface area contributed by atoms with E-state index in [1.807, 2.05) is 0 Å². The van der Waals surface area contributed by atoms with E-state index < -0.39 is 0 Å². The molecule has 1 fully saturated rings. The van der Waals surface area contributed by atoms with E-state index in [4.69, 9.17) is 5.73 Å². The summed E-state index contributed by atoms with van der Waals surface area (Å²) in [5.41, 5.74) is 8.57. The summed E-state index contributed by atoms with van der Waals surface area (Å²) in [4.78, 5) is 0. The van der Waals surface area contributed by atoms with Crippen LogP contribution >= 0.6 is 11.8 Å². The summed E-state index contributed by atoms with van der Waals surface area (Å²) in [7, 11) is 0. The van der Waals surface area contributed by atoms with Gasteiger partial charge in [0.1, 0.15) is 0 Å². The molecule has 1 unspecified atom stereocenters. The fourth-order valence-corrected chi connectivity index (χ4v) is 3.94. The Hall–Kier alpha value is -0.480. The Bertz CT molecular complexity index is 367. The van der Waals surface area contributed by atoms with Gasteiger partial charge in [0.2, 0.25) is 0 Å². The second kappa shape index (κ2) is 5.44. The number of rotatable bonds is 5. The maximum absolute atomic E-state index is 6.00. The minimum absolute atomic E-state index is 0.276. The van der Waals surface area contributed by atoms with Crippen LogP contribution in [0.1, 0.15) is 38.1 Å². The van der Waals surface area contributed by atoms with Crippen molar-refractivity contribution < 1.29 is 0 Å². The van der Waals surface area contributed by atoms with Crippen LogP contribution in [0.5, 0.6) is 0 Å². The lowest BCUT2D eigenvalue weighted by molar-refractivity contribution is 0.525. The van der Waals surface area contributed by atoms with E-state index in [-0.39, 0.29) is 4.75 Å². The molecular formula is C13H23N3S. The largest absolute Gasteiger partial charge is 0.329 e. The number of thioether (sulfide) groups is 1. The summed E-state index contributed by atoms with van der Waals surface area (Å²) in [6.07, 6.45) is 4.66. The van der Waals surface area contributed by atoms with Crippen LogP contribution in [0.4, 0.5) is 0 Å². The number of aryl methyl sites for hydroxylation is 2. The Labute approximate surface area is 108 Å². The van der Waals surface area contributed by atoms with Gasteiger partial charge in [0.05, 0.1) is 5.69 Å². The van der Waals surface area contributed by atoms with Gasteiger partial charge < -0.3 is 5.73 Å². The second-order valence-corrected chi connectivity index (χ2v) is 6.38. The third kappa shape index (κ3) is 2.68. The summed E-state index contributed by atoms with van der Waals surface area (Å²) >= 11 is 2.05. The Kier molecular flexibility index (Phi) is 4.15. The first-order valence-corrected chi connectivity index (χ1v) is 7.61. The molecule has 0 bridgehead atoms. The molecule has 2 N–H and O–H groups in total. The molecule has 3 nitrogen and oxygen atoms in total. The average Bonchev–Trinajstić information content (AvgIpc) is 2.97. The highest BCUT2D eigenvalue weighted by atomic mass is 32.2. The summed E-state index contributed by atoms with van der Waals surface area (Å²) < 4.78 is 2.42. The topological polar surface area (TPSA) is 43.8 Å². The average molecular weight is 253 g/mol. The standard InChI is InChI=1S/C13H23N3S/c1-3-11-8-12(16(4-2)15-11)9-13(10-14)6-5-7-17-13/h8H,3-7,9-10,14H2,1-2H3. The van der Waals surface area contributed by atoms with Crippen LogP contribution < -0.4 is 5.73 Å². The number of hydrogen-bond donors (Lipinski definition) is 1. The van der Waals surface area contributed by atoms with Gasteiger partial charge in [-0.25, -0.2) is 0 Å². The zero-order chi connectivity index (χ0) is 12.3. The maximum Gasteiger partial charge on any atom is 0.0624 e. The Balaban J connectivity index is 2.18. The summed E-state index contributed by atoms with van der Waals surface area (Å²) in [6, 6.07) is 2.26. The van der Waals surface area contributed by atoms with Gasteiger partial charge in [0.25, 0.3) is 0 Å². The monoisotopic (exact) mass is 253 g/mol. The minimum atomic E-state index is 0.276. The summed E-state index contributed by atoms with van der Waals surface area (Å²) in [5.74, 6) is 1.26. The highest BCUT2D eigenvalue weighted by Crippen LogP contribution is 2.40. The maximum atomic E-state index is 6.00. The molecule has 4 heteroatoms. The van der Waals surface area contributed by atoms with E-state index in [2.05, 4.69) is 41.5 Å². The molecular weight excluding hydrogens is 230 g/mol. The molecule has 96 valence electrons. The van der Waals surface area contributed by atoms with Gasteiger partial charge in [0, 0.05) is 30.0 Å². The van der Waals surface area contributed by atoms with Crippen molar-refractivity contribution in [1.82, 2.24) is 9.78 Å². The first-order chi connectivity index (χ1) is 8.23. The van der Waals surface area contributed by atoms with Crippen molar-refractivity contribution in [2.24, 2.45) is 5.73 Å². The highest BCUT2D eigenvalue weighted by Gasteiger charge is 2.34. The molecule has 0 saturated carbocycles. The molecule has 2 heterocycles. The first kappa shape index (κ1) is 13.0. The van der Waals surface area contributed by atoms with Crippen LogP contribution in [0.2, 0.25) is 0 Å². The van der Waals surface area contributed by atoms with E-state index >= 15 is 0 Å². The molecule has 0 aromatic carbocycles. The lowest BCUT2D eigenvalue weighted by Crippen LogP contribution is -2.34. The van der Waals surface area contributed by atoms with Gasteiger partial charge >= 0.3 is 0 Å². The van der Waals surface area contributed by atoms with Gasteiger partial charge in [-0.1, -0.05) is 6.92 Å². The zero-order valence-electron chi connectivity index (χ0n) is 10.9. The van der Waals surface area contributed by atoms with Crippen molar-refractivity contribution in [3.05, 3.63) is 17.5 Å². The van der Waals surface area contributed by atoms with E-state index in [0.717, 1.165) is 25.9 Å². The predicted octanol–water partition coefficient (Wildman–Crippen LogP) is 2.23. The summed E-state index contributed by atoms with van der Waals surface area (Å²) in [5, 5.41) is 4.62. The van der Waals surface area contributed by atoms with Crippen molar-refractivity contribution in [1.29, 1.82) is 0 Å². The van der Waals surface area contributed by atoms with Crippen molar-refractivity contribution in [3.8, 4) is 0 Å². The van der Waals surface area contributed by atoms with Crippen LogP contribution in [0.3, 0.4) is 0 Å². The molecule has 1 aromatic heterocycles. The van der Waals surface area contributed by atoms with Gasteiger partial charge in [0.15, 0.2) is 0 Å². The molecule has 2 rings (SSSR count). The Morgan fingerprint density at radius 3 is 2.88 bits per heavy atom. The van der Waals surface area contributed by atoms with Crippen molar-refractivity contribution in [2.75, 3.05) is 12.3 Å². The van der Waals surface area contributed by atoms with Gasteiger partial charge in [-0.05, 0) is 38.0 Å². The van der Waals surface area contributed by atoms with Gasteiger partial charge in [-0.2, -0.15) is 16.9 Å². The predicted molar refractivity (Wildman–Crippen MR) is 74.5 cm³/mol. The molecule has 0 aliphatic carbocycles. The second-order valence-electron chi connectivity index (χ2n) is 4.81. The van der Waals surface area contributed by atoms with E-state index in [0.29, 0.717) is 0 Å². The van der Waals surface area contributed by atoms with Crippen LogP contribution in [-0.2, 0) is 19.4 Å². The van der Waals surface area contributed by atoms with Gasteiger partial charge in [-0.3, -0.25) is 4.68 Å². The molecule has 17 heavy (non-hydrogen) atoms. The van der Waals surface area contributed by atoms with Crippen LogP contribution in [0.15, 0.2) is 6.07 Å². The quantitative estimate of drug-likeness (QED) is 0.875. The Morgan fingerprint density at radius 2 is 2.35 bits per heavy atom. The highest BCUT2D eigenvalue weighted by molar-refractivity contribution is 8.00. The molecule has 0 amide bonds. The molecule has 0 radical (unpaired) electrons. The fraction of sp³-hybridized carbons (Fsp3) is 0.769. The van der Waals surface area contributed by atoms with Crippen LogP contribution in [0.25, 0.3) is 0 Å². The van der Waals surface area contributed by atoms with E-state index in [1.165, 1.54) is 30.0 Å². The molecule has 1 aliphatic rings.